The van der Waals surface area contributed by atoms with Crippen LogP contribution in [0.1, 0.15) is 32.7 Å². The molecule has 0 aliphatic carbocycles. The lowest BCUT2D eigenvalue weighted by atomic mass is 10.1. The van der Waals surface area contributed by atoms with Gasteiger partial charge in [-0.25, -0.2) is 4.39 Å². The molecule has 1 aliphatic heterocycles. The fourth-order valence-corrected chi connectivity index (χ4v) is 3.50. The van der Waals surface area contributed by atoms with Gasteiger partial charge in [0.1, 0.15) is 11.9 Å². The first-order valence-corrected chi connectivity index (χ1v) is 9.91. The van der Waals surface area contributed by atoms with E-state index in [9.17, 15) is 18.8 Å². The maximum Gasteiger partial charge on any atom is 0.262 e. The van der Waals surface area contributed by atoms with Crippen LogP contribution >= 0.6 is 11.8 Å². The molecule has 7 heteroatoms. The normalized spacial score (nSPS) is 14.2. The van der Waals surface area contributed by atoms with Crippen LogP contribution in [-0.2, 0) is 11.3 Å². The minimum atomic E-state index is -0.934. The molecule has 2 aromatic rings. The Hall–Kier alpha value is -2.67. The Morgan fingerprint density at radius 3 is 2.26 bits per heavy atom. The molecule has 5 nitrogen and oxygen atoms in total. The van der Waals surface area contributed by atoms with Crippen molar-refractivity contribution < 1.29 is 18.8 Å². The van der Waals surface area contributed by atoms with Gasteiger partial charge in [0, 0.05) is 12.1 Å². The van der Waals surface area contributed by atoms with Crippen molar-refractivity contribution in [3.8, 4) is 0 Å². The van der Waals surface area contributed by atoms with Crippen molar-refractivity contribution in [3.63, 3.8) is 0 Å². The van der Waals surface area contributed by atoms with E-state index < -0.39 is 29.6 Å². The molecule has 3 amide bonds. The number of imide groups is 1. The summed E-state index contributed by atoms with van der Waals surface area (Å²) in [5.74, 6) is -1.22. The van der Waals surface area contributed by atoms with Crippen molar-refractivity contribution in [2.45, 2.75) is 19.0 Å². The Morgan fingerprint density at radius 1 is 1.07 bits per heavy atom. The highest BCUT2D eigenvalue weighted by molar-refractivity contribution is 7.98. The maximum absolute atomic E-state index is 13.8. The Balaban J connectivity index is 1.80. The van der Waals surface area contributed by atoms with E-state index in [1.807, 2.05) is 6.26 Å². The van der Waals surface area contributed by atoms with Crippen LogP contribution in [0, 0.1) is 5.82 Å². The standard InChI is InChI=1S/C20H19FN2O3S/c1-27-11-10-17(18(24)22-12-13-6-2-5-9-16(13)21)23-19(25)14-7-3-4-8-15(14)20(23)26/h2-9,17H,10-12H2,1H3,(H,22,24)/t17-/m0/s1. The molecule has 2 aromatic carbocycles. The average Bonchev–Trinajstić information content (AvgIpc) is 2.93. The summed E-state index contributed by atoms with van der Waals surface area (Å²) in [7, 11) is 0. The minimum Gasteiger partial charge on any atom is -0.350 e. The van der Waals surface area contributed by atoms with Gasteiger partial charge >= 0.3 is 0 Å². The molecule has 0 unspecified atom stereocenters. The first kappa shape index (κ1) is 19.1. The van der Waals surface area contributed by atoms with Crippen molar-refractivity contribution >= 4 is 29.5 Å². The van der Waals surface area contributed by atoms with Gasteiger partial charge in [-0.05, 0) is 36.6 Å². The van der Waals surface area contributed by atoms with Gasteiger partial charge in [-0.3, -0.25) is 19.3 Å². The summed E-state index contributed by atoms with van der Waals surface area (Å²) in [6, 6.07) is 11.7. The predicted octanol–water partition coefficient (Wildman–Crippen LogP) is 2.86. The third kappa shape index (κ3) is 3.88. The fraction of sp³-hybridized carbons (Fsp3) is 0.250. The monoisotopic (exact) mass is 386 g/mol. The summed E-state index contributed by atoms with van der Waals surface area (Å²) < 4.78 is 13.8. The quantitative estimate of drug-likeness (QED) is 0.743. The summed E-state index contributed by atoms with van der Waals surface area (Å²) in [5.41, 5.74) is 0.953. The van der Waals surface area contributed by atoms with Gasteiger partial charge < -0.3 is 5.32 Å². The molecule has 140 valence electrons. The second kappa shape index (κ2) is 8.35. The van der Waals surface area contributed by atoms with Gasteiger partial charge in [0.15, 0.2) is 0 Å². The summed E-state index contributed by atoms with van der Waals surface area (Å²) in [6.07, 6.45) is 2.21. The molecule has 1 N–H and O–H groups in total. The Kier molecular flexibility index (Phi) is 5.91. The van der Waals surface area contributed by atoms with Crippen molar-refractivity contribution in [3.05, 3.63) is 71.0 Å². The predicted molar refractivity (Wildman–Crippen MR) is 102 cm³/mol. The SMILES string of the molecule is CSCC[C@@H](C(=O)NCc1ccccc1F)N1C(=O)c2ccccc2C1=O. The summed E-state index contributed by atoms with van der Waals surface area (Å²) in [5, 5.41) is 2.66. The number of benzene rings is 2. The molecule has 1 aliphatic rings. The summed E-state index contributed by atoms with van der Waals surface area (Å²) in [6.45, 7) is -0.00948. The van der Waals surface area contributed by atoms with Crippen LogP contribution in [0.2, 0.25) is 0 Å². The molecule has 0 fully saturated rings. The molecule has 0 spiro atoms. The lowest BCUT2D eigenvalue weighted by Crippen LogP contribution is -2.49. The summed E-state index contributed by atoms with van der Waals surface area (Å²) >= 11 is 1.52. The topological polar surface area (TPSA) is 66.5 Å². The molecular formula is C20H19FN2O3S. The van der Waals surface area contributed by atoms with Crippen molar-refractivity contribution in [2.75, 3.05) is 12.0 Å². The van der Waals surface area contributed by atoms with E-state index in [1.54, 1.807) is 42.5 Å². The molecule has 0 saturated carbocycles. The van der Waals surface area contributed by atoms with Crippen LogP contribution in [0.15, 0.2) is 48.5 Å². The number of hydrogen-bond donors (Lipinski definition) is 1. The Labute approximate surface area is 160 Å². The number of halogens is 1. The Bertz CT molecular complexity index is 852. The van der Waals surface area contributed by atoms with Crippen molar-refractivity contribution in [2.24, 2.45) is 0 Å². The molecule has 0 saturated heterocycles. The zero-order valence-electron chi connectivity index (χ0n) is 14.8. The minimum absolute atomic E-state index is 0.00948. The number of hydrogen-bond acceptors (Lipinski definition) is 4. The van der Waals surface area contributed by atoms with E-state index in [0.717, 1.165) is 4.90 Å². The first-order chi connectivity index (χ1) is 13.0. The van der Waals surface area contributed by atoms with E-state index >= 15 is 0 Å². The number of nitrogens with zero attached hydrogens (tertiary/aromatic N) is 1. The molecule has 0 bridgehead atoms. The van der Waals surface area contributed by atoms with Gasteiger partial charge in [0.25, 0.3) is 11.8 Å². The van der Waals surface area contributed by atoms with E-state index in [4.69, 9.17) is 0 Å². The third-order valence-corrected chi connectivity index (χ3v) is 5.09. The van der Waals surface area contributed by atoms with Crippen LogP contribution in [0.5, 0.6) is 0 Å². The average molecular weight is 386 g/mol. The van der Waals surface area contributed by atoms with E-state index in [0.29, 0.717) is 28.9 Å². The smallest absolute Gasteiger partial charge is 0.262 e. The highest BCUT2D eigenvalue weighted by atomic mass is 32.2. The van der Waals surface area contributed by atoms with E-state index in [-0.39, 0.29) is 6.54 Å². The van der Waals surface area contributed by atoms with Crippen molar-refractivity contribution in [1.29, 1.82) is 0 Å². The van der Waals surface area contributed by atoms with Crippen LogP contribution in [0.25, 0.3) is 0 Å². The maximum atomic E-state index is 13.8. The number of thioether (sulfide) groups is 1. The van der Waals surface area contributed by atoms with Crippen LogP contribution in [-0.4, -0.2) is 40.7 Å². The fourth-order valence-electron chi connectivity index (χ4n) is 3.04. The largest absolute Gasteiger partial charge is 0.350 e. The van der Waals surface area contributed by atoms with Gasteiger partial charge in [0.2, 0.25) is 5.91 Å². The van der Waals surface area contributed by atoms with E-state index in [1.165, 1.54) is 17.8 Å². The number of fused-ring (bicyclic) bond motifs is 1. The number of carbonyl (C=O) groups excluding carboxylic acids is 3. The molecule has 1 heterocycles. The first-order valence-electron chi connectivity index (χ1n) is 8.51. The van der Waals surface area contributed by atoms with Gasteiger partial charge in [0.05, 0.1) is 11.1 Å². The highest BCUT2D eigenvalue weighted by Crippen LogP contribution is 2.26. The molecule has 27 heavy (non-hydrogen) atoms. The number of nitrogens with one attached hydrogen (secondary N) is 1. The number of carbonyl (C=O) groups is 3. The molecule has 0 aromatic heterocycles. The molecular weight excluding hydrogens is 367 g/mol. The number of amides is 3. The molecule has 3 rings (SSSR count). The Morgan fingerprint density at radius 2 is 1.67 bits per heavy atom. The second-order valence-corrected chi connectivity index (χ2v) is 7.12. The van der Waals surface area contributed by atoms with Crippen LogP contribution < -0.4 is 5.32 Å². The van der Waals surface area contributed by atoms with E-state index in [2.05, 4.69) is 5.32 Å². The summed E-state index contributed by atoms with van der Waals surface area (Å²) in [4.78, 5) is 39.2. The molecule has 1 atom stereocenters. The van der Waals surface area contributed by atoms with Gasteiger partial charge in [-0.2, -0.15) is 11.8 Å². The second-order valence-electron chi connectivity index (χ2n) is 6.13. The third-order valence-electron chi connectivity index (χ3n) is 4.45. The van der Waals surface area contributed by atoms with Crippen LogP contribution in [0.3, 0.4) is 0 Å². The zero-order chi connectivity index (χ0) is 19.4. The van der Waals surface area contributed by atoms with Crippen molar-refractivity contribution in [1.82, 2.24) is 10.2 Å². The zero-order valence-corrected chi connectivity index (χ0v) is 15.6. The van der Waals surface area contributed by atoms with Gasteiger partial charge in [-0.1, -0.05) is 30.3 Å². The highest BCUT2D eigenvalue weighted by Gasteiger charge is 2.42. The number of rotatable bonds is 7. The lowest BCUT2D eigenvalue weighted by molar-refractivity contribution is -0.125. The lowest BCUT2D eigenvalue weighted by Gasteiger charge is -2.25. The van der Waals surface area contributed by atoms with Gasteiger partial charge in [-0.15, -0.1) is 0 Å². The molecule has 0 radical (unpaired) electrons. The van der Waals surface area contributed by atoms with Crippen LogP contribution in [0.4, 0.5) is 4.39 Å².